The van der Waals surface area contributed by atoms with Crippen molar-refractivity contribution in [1.82, 2.24) is 4.90 Å². The fourth-order valence-electron chi connectivity index (χ4n) is 3.39. The summed E-state index contributed by atoms with van der Waals surface area (Å²) in [5, 5.41) is 0. The van der Waals surface area contributed by atoms with Gasteiger partial charge in [-0.3, -0.25) is 4.90 Å². The van der Waals surface area contributed by atoms with Crippen molar-refractivity contribution in [1.29, 1.82) is 0 Å². The van der Waals surface area contributed by atoms with Crippen molar-refractivity contribution in [3.05, 3.63) is 59.7 Å². The SMILES string of the molecule is NC1CCN(Cc2ccc(C3COc4ccccc4O3)cc2)CC1. The standard InChI is InChI=1S/C20H24N2O2/c21-17-9-11-22(12-10-17)13-15-5-7-16(8-6-15)20-14-23-18-3-1-2-4-19(18)24-20/h1-8,17,20H,9-14,21H2. The number of benzene rings is 2. The van der Waals surface area contributed by atoms with E-state index in [9.17, 15) is 0 Å². The summed E-state index contributed by atoms with van der Waals surface area (Å²) in [5.74, 6) is 1.65. The molecule has 0 amide bonds. The van der Waals surface area contributed by atoms with Crippen LogP contribution >= 0.6 is 0 Å². The van der Waals surface area contributed by atoms with Gasteiger partial charge in [-0.05, 0) is 49.2 Å². The van der Waals surface area contributed by atoms with Gasteiger partial charge >= 0.3 is 0 Å². The van der Waals surface area contributed by atoms with E-state index in [1.807, 2.05) is 24.3 Å². The summed E-state index contributed by atoms with van der Waals surface area (Å²) in [4.78, 5) is 2.48. The Morgan fingerprint density at radius 1 is 0.958 bits per heavy atom. The fourth-order valence-corrected chi connectivity index (χ4v) is 3.39. The van der Waals surface area contributed by atoms with Crippen LogP contribution in [0.2, 0.25) is 0 Å². The van der Waals surface area contributed by atoms with E-state index in [0.717, 1.165) is 49.5 Å². The molecular formula is C20H24N2O2. The molecule has 2 aliphatic heterocycles. The Labute approximate surface area is 143 Å². The highest BCUT2D eigenvalue weighted by atomic mass is 16.6. The van der Waals surface area contributed by atoms with Gasteiger partial charge in [-0.2, -0.15) is 0 Å². The van der Waals surface area contributed by atoms with Crippen LogP contribution in [0.4, 0.5) is 0 Å². The number of hydrogen-bond acceptors (Lipinski definition) is 4. The van der Waals surface area contributed by atoms with E-state index in [1.165, 1.54) is 5.56 Å². The van der Waals surface area contributed by atoms with Crippen LogP contribution in [0.1, 0.15) is 30.1 Å². The van der Waals surface area contributed by atoms with Gasteiger partial charge in [0.1, 0.15) is 6.61 Å². The molecule has 2 N–H and O–H groups in total. The lowest BCUT2D eigenvalue weighted by Crippen LogP contribution is -2.39. The van der Waals surface area contributed by atoms with Crippen LogP contribution in [0.3, 0.4) is 0 Å². The Kier molecular flexibility index (Phi) is 4.41. The lowest BCUT2D eigenvalue weighted by Gasteiger charge is -2.30. The number of hydrogen-bond donors (Lipinski definition) is 1. The molecule has 24 heavy (non-hydrogen) atoms. The molecule has 4 nitrogen and oxygen atoms in total. The molecule has 0 bridgehead atoms. The number of piperidine rings is 1. The molecular weight excluding hydrogens is 300 g/mol. The Balaban J connectivity index is 1.39. The van der Waals surface area contributed by atoms with Crippen molar-refractivity contribution in [2.24, 2.45) is 5.73 Å². The summed E-state index contributed by atoms with van der Waals surface area (Å²) in [5.41, 5.74) is 8.47. The monoisotopic (exact) mass is 324 g/mol. The molecule has 0 spiro atoms. The summed E-state index contributed by atoms with van der Waals surface area (Å²) >= 11 is 0. The first-order valence-corrected chi connectivity index (χ1v) is 8.73. The third-order valence-electron chi connectivity index (χ3n) is 4.90. The minimum absolute atomic E-state index is 0.0399. The summed E-state index contributed by atoms with van der Waals surface area (Å²) < 4.78 is 11.9. The van der Waals surface area contributed by atoms with E-state index in [-0.39, 0.29) is 6.10 Å². The zero-order chi connectivity index (χ0) is 16.4. The zero-order valence-electron chi connectivity index (χ0n) is 13.9. The minimum atomic E-state index is -0.0399. The number of likely N-dealkylation sites (tertiary alicyclic amines) is 1. The summed E-state index contributed by atoms with van der Waals surface area (Å²) in [7, 11) is 0. The predicted molar refractivity (Wildman–Crippen MR) is 94.2 cm³/mol. The van der Waals surface area contributed by atoms with Gasteiger partial charge in [0, 0.05) is 12.6 Å². The maximum Gasteiger partial charge on any atom is 0.162 e. The first-order valence-electron chi connectivity index (χ1n) is 8.73. The normalized spacial score (nSPS) is 21.6. The molecule has 0 aliphatic carbocycles. The molecule has 2 aromatic rings. The molecule has 126 valence electrons. The van der Waals surface area contributed by atoms with E-state index in [0.29, 0.717) is 12.6 Å². The van der Waals surface area contributed by atoms with Gasteiger partial charge in [0.2, 0.25) is 0 Å². The van der Waals surface area contributed by atoms with Gasteiger partial charge in [0.05, 0.1) is 0 Å². The molecule has 1 atom stereocenters. The second kappa shape index (κ2) is 6.83. The van der Waals surface area contributed by atoms with Gasteiger partial charge in [0.15, 0.2) is 17.6 Å². The minimum Gasteiger partial charge on any atom is -0.485 e. The molecule has 4 heteroatoms. The molecule has 2 heterocycles. The van der Waals surface area contributed by atoms with E-state index < -0.39 is 0 Å². The van der Waals surface area contributed by atoms with Crippen LogP contribution in [-0.4, -0.2) is 30.6 Å². The lowest BCUT2D eigenvalue weighted by molar-refractivity contribution is 0.0913. The van der Waals surface area contributed by atoms with Gasteiger partial charge in [-0.15, -0.1) is 0 Å². The smallest absolute Gasteiger partial charge is 0.162 e. The Morgan fingerprint density at radius 3 is 2.42 bits per heavy atom. The van der Waals surface area contributed by atoms with E-state index in [1.54, 1.807) is 0 Å². The molecule has 0 saturated carbocycles. The second-order valence-electron chi connectivity index (χ2n) is 6.72. The first kappa shape index (κ1) is 15.5. The largest absolute Gasteiger partial charge is 0.485 e. The Morgan fingerprint density at radius 2 is 1.67 bits per heavy atom. The zero-order valence-corrected chi connectivity index (χ0v) is 13.9. The number of fused-ring (bicyclic) bond motifs is 1. The quantitative estimate of drug-likeness (QED) is 0.942. The predicted octanol–water partition coefficient (Wildman–Crippen LogP) is 3.12. The molecule has 2 aromatic carbocycles. The Hall–Kier alpha value is -2.04. The number of para-hydroxylation sites is 2. The average molecular weight is 324 g/mol. The summed E-state index contributed by atoms with van der Waals surface area (Å²) in [6.45, 7) is 3.75. The van der Waals surface area contributed by atoms with Gasteiger partial charge < -0.3 is 15.2 Å². The highest BCUT2D eigenvalue weighted by Gasteiger charge is 2.22. The van der Waals surface area contributed by atoms with Crippen LogP contribution < -0.4 is 15.2 Å². The van der Waals surface area contributed by atoms with Crippen molar-refractivity contribution in [2.75, 3.05) is 19.7 Å². The molecule has 4 rings (SSSR count). The third kappa shape index (κ3) is 3.40. The van der Waals surface area contributed by atoms with Gasteiger partial charge in [0.25, 0.3) is 0 Å². The summed E-state index contributed by atoms with van der Waals surface area (Å²) in [6, 6.07) is 16.9. The van der Waals surface area contributed by atoms with Crippen molar-refractivity contribution in [3.8, 4) is 11.5 Å². The van der Waals surface area contributed by atoms with Crippen molar-refractivity contribution in [2.45, 2.75) is 31.5 Å². The van der Waals surface area contributed by atoms with Crippen LogP contribution in [0, 0.1) is 0 Å². The molecule has 2 aliphatic rings. The number of rotatable bonds is 3. The molecule has 1 fully saturated rings. The van der Waals surface area contributed by atoms with E-state index in [4.69, 9.17) is 15.2 Å². The van der Waals surface area contributed by atoms with Crippen LogP contribution in [0.5, 0.6) is 11.5 Å². The van der Waals surface area contributed by atoms with Crippen LogP contribution in [-0.2, 0) is 6.54 Å². The number of ether oxygens (including phenoxy) is 2. The number of nitrogens with zero attached hydrogens (tertiary/aromatic N) is 1. The summed E-state index contributed by atoms with van der Waals surface area (Å²) in [6.07, 6.45) is 2.16. The fraction of sp³-hybridized carbons (Fsp3) is 0.400. The Bertz CT molecular complexity index is 678. The first-order chi connectivity index (χ1) is 11.8. The van der Waals surface area contributed by atoms with E-state index >= 15 is 0 Å². The maximum atomic E-state index is 6.07. The van der Waals surface area contributed by atoms with Crippen LogP contribution in [0.15, 0.2) is 48.5 Å². The van der Waals surface area contributed by atoms with Crippen molar-refractivity contribution in [3.63, 3.8) is 0 Å². The lowest BCUT2D eigenvalue weighted by atomic mass is 10.0. The molecule has 0 radical (unpaired) electrons. The highest BCUT2D eigenvalue weighted by Crippen LogP contribution is 2.35. The molecule has 1 unspecified atom stereocenters. The van der Waals surface area contributed by atoms with E-state index in [2.05, 4.69) is 29.2 Å². The highest BCUT2D eigenvalue weighted by molar-refractivity contribution is 5.41. The topological polar surface area (TPSA) is 47.7 Å². The van der Waals surface area contributed by atoms with Gasteiger partial charge in [-0.25, -0.2) is 0 Å². The maximum absolute atomic E-state index is 6.07. The van der Waals surface area contributed by atoms with Crippen molar-refractivity contribution >= 4 is 0 Å². The average Bonchev–Trinajstić information content (AvgIpc) is 2.64. The number of nitrogens with two attached hydrogens (primary N) is 1. The third-order valence-corrected chi connectivity index (χ3v) is 4.90. The van der Waals surface area contributed by atoms with Crippen LogP contribution in [0.25, 0.3) is 0 Å². The van der Waals surface area contributed by atoms with Gasteiger partial charge in [-0.1, -0.05) is 36.4 Å². The van der Waals surface area contributed by atoms with Crippen molar-refractivity contribution < 1.29 is 9.47 Å². The second-order valence-corrected chi connectivity index (χ2v) is 6.72. The molecule has 1 saturated heterocycles. The molecule has 0 aromatic heterocycles.